The number of hydrogen-bond acceptors (Lipinski definition) is 3. The zero-order valence-corrected chi connectivity index (χ0v) is 10.6. The van der Waals surface area contributed by atoms with Crippen LogP contribution in [0.5, 0.6) is 0 Å². The minimum absolute atomic E-state index is 0.410. The van der Waals surface area contributed by atoms with Crippen LogP contribution in [-0.4, -0.2) is 42.8 Å². The molecule has 1 unspecified atom stereocenters. The quantitative estimate of drug-likeness (QED) is 0.865. The van der Waals surface area contributed by atoms with Crippen molar-refractivity contribution >= 4 is 5.97 Å². The summed E-state index contributed by atoms with van der Waals surface area (Å²) in [5.74, 6) is -0.273. The zero-order valence-electron chi connectivity index (χ0n) is 10.6. The molecule has 0 aliphatic carbocycles. The van der Waals surface area contributed by atoms with E-state index in [0.29, 0.717) is 18.0 Å². The largest absolute Gasteiger partial charge is 0.478 e. The second kappa shape index (κ2) is 5.98. The standard InChI is InChI=1S/C14H19NO3/c1-18-10-11-6-7-15(8-11)9-12-4-2-3-5-13(12)14(16)17/h2-5,11H,6-10H2,1H3,(H,16,17). The van der Waals surface area contributed by atoms with Gasteiger partial charge in [0.25, 0.3) is 0 Å². The van der Waals surface area contributed by atoms with Crippen LogP contribution in [0.4, 0.5) is 0 Å². The molecule has 0 saturated carbocycles. The van der Waals surface area contributed by atoms with E-state index in [1.54, 1.807) is 19.2 Å². The molecule has 4 heteroatoms. The minimum Gasteiger partial charge on any atom is -0.478 e. The first-order chi connectivity index (χ1) is 8.70. The fourth-order valence-electron chi connectivity index (χ4n) is 2.54. The van der Waals surface area contributed by atoms with E-state index in [-0.39, 0.29) is 0 Å². The highest BCUT2D eigenvalue weighted by Crippen LogP contribution is 2.20. The van der Waals surface area contributed by atoms with Gasteiger partial charge in [0, 0.05) is 20.2 Å². The van der Waals surface area contributed by atoms with Gasteiger partial charge in [0.1, 0.15) is 0 Å². The smallest absolute Gasteiger partial charge is 0.336 e. The Kier molecular flexibility index (Phi) is 4.33. The predicted octanol–water partition coefficient (Wildman–Crippen LogP) is 1.85. The Morgan fingerprint density at radius 3 is 3.00 bits per heavy atom. The third-order valence-corrected chi connectivity index (χ3v) is 3.41. The number of carboxylic acid groups (broad SMARTS) is 1. The summed E-state index contributed by atoms with van der Waals surface area (Å²) in [5, 5.41) is 9.14. The molecule has 1 aromatic carbocycles. The van der Waals surface area contributed by atoms with Crippen molar-refractivity contribution in [3.05, 3.63) is 35.4 Å². The number of likely N-dealkylation sites (tertiary alicyclic amines) is 1. The van der Waals surface area contributed by atoms with Gasteiger partial charge in [-0.3, -0.25) is 4.90 Å². The molecule has 0 bridgehead atoms. The van der Waals surface area contributed by atoms with Gasteiger partial charge >= 0.3 is 5.97 Å². The number of rotatable bonds is 5. The minimum atomic E-state index is -0.849. The van der Waals surface area contributed by atoms with Crippen molar-refractivity contribution in [3.63, 3.8) is 0 Å². The highest BCUT2D eigenvalue weighted by atomic mass is 16.5. The lowest BCUT2D eigenvalue weighted by atomic mass is 10.1. The number of hydrogen-bond donors (Lipinski definition) is 1. The molecule has 2 rings (SSSR count). The van der Waals surface area contributed by atoms with Crippen LogP contribution in [0, 0.1) is 5.92 Å². The van der Waals surface area contributed by atoms with Gasteiger partial charge < -0.3 is 9.84 Å². The van der Waals surface area contributed by atoms with Crippen molar-refractivity contribution in [3.8, 4) is 0 Å². The highest BCUT2D eigenvalue weighted by molar-refractivity contribution is 5.89. The second-order valence-corrected chi connectivity index (χ2v) is 4.81. The maximum Gasteiger partial charge on any atom is 0.336 e. The first kappa shape index (κ1) is 13.1. The summed E-state index contributed by atoms with van der Waals surface area (Å²) in [4.78, 5) is 13.4. The molecular weight excluding hydrogens is 230 g/mol. The summed E-state index contributed by atoms with van der Waals surface area (Å²) in [6, 6.07) is 7.22. The number of methoxy groups -OCH3 is 1. The van der Waals surface area contributed by atoms with Crippen molar-refractivity contribution in [1.29, 1.82) is 0 Å². The van der Waals surface area contributed by atoms with E-state index in [1.165, 1.54) is 0 Å². The lowest BCUT2D eigenvalue weighted by Gasteiger charge is -2.17. The topological polar surface area (TPSA) is 49.8 Å². The van der Waals surface area contributed by atoms with Crippen molar-refractivity contribution < 1.29 is 14.6 Å². The average molecular weight is 249 g/mol. The average Bonchev–Trinajstić information content (AvgIpc) is 2.77. The molecule has 1 saturated heterocycles. The molecular formula is C14H19NO3. The van der Waals surface area contributed by atoms with E-state index in [9.17, 15) is 4.79 Å². The second-order valence-electron chi connectivity index (χ2n) is 4.81. The number of aromatic carboxylic acids is 1. The van der Waals surface area contributed by atoms with E-state index in [1.807, 2.05) is 12.1 Å². The monoisotopic (exact) mass is 249 g/mol. The lowest BCUT2D eigenvalue weighted by molar-refractivity contribution is 0.0694. The van der Waals surface area contributed by atoms with E-state index in [0.717, 1.165) is 31.7 Å². The molecule has 1 heterocycles. The first-order valence-corrected chi connectivity index (χ1v) is 6.23. The Hall–Kier alpha value is -1.39. The van der Waals surface area contributed by atoms with Gasteiger partial charge in [-0.1, -0.05) is 18.2 Å². The van der Waals surface area contributed by atoms with Gasteiger partial charge in [-0.2, -0.15) is 0 Å². The summed E-state index contributed by atoms with van der Waals surface area (Å²) in [5.41, 5.74) is 1.30. The molecule has 0 radical (unpaired) electrons. The number of ether oxygens (including phenoxy) is 1. The molecule has 1 aliphatic heterocycles. The van der Waals surface area contributed by atoms with Crippen LogP contribution in [0.1, 0.15) is 22.3 Å². The maximum absolute atomic E-state index is 11.1. The summed E-state index contributed by atoms with van der Waals surface area (Å²) in [6.45, 7) is 3.50. The fourth-order valence-corrected chi connectivity index (χ4v) is 2.54. The number of nitrogens with zero attached hydrogens (tertiary/aromatic N) is 1. The SMILES string of the molecule is COCC1CCN(Cc2ccccc2C(=O)O)C1. The summed E-state index contributed by atoms with van der Waals surface area (Å²) in [6.07, 6.45) is 1.13. The van der Waals surface area contributed by atoms with Crippen LogP contribution in [0.15, 0.2) is 24.3 Å². The third-order valence-electron chi connectivity index (χ3n) is 3.41. The Morgan fingerprint density at radius 1 is 1.50 bits per heavy atom. The van der Waals surface area contributed by atoms with Crippen LogP contribution in [0.3, 0.4) is 0 Å². The van der Waals surface area contributed by atoms with Crippen LogP contribution < -0.4 is 0 Å². The summed E-state index contributed by atoms with van der Waals surface area (Å²) in [7, 11) is 1.72. The number of benzene rings is 1. The van der Waals surface area contributed by atoms with Gasteiger partial charge in [0.2, 0.25) is 0 Å². The molecule has 4 nitrogen and oxygen atoms in total. The Morgan fingerprint density at radius 2 is 2.28 bits per heavy atom. The Balaban J connectivity index is 2.00. The van der Waals surface area contributed by atoms with Crippen molar-refractivity contribution in [1.82, 2.24) is 4.90 Å². The van der Waals surface area contributed by atoms with Crippen LogP contribution in [0.2, 0.25) is 0 Å². The molecule has 1 aliphatic rings. The third kappa shape index (κ3) is 3.09. The van der Waals surface area contributed by atoms with Crippen molar-refractivity contribution in [2.24, 2.45) is 5.92 Å². The molecule has 0 spiro atoms. The van der Waals surface area contributed by atoms with Gasteiger partial charge in [0.05, 0.1) is 12.2 Å². The molecule has 1 N–H and O–H groups in total. The Labute approximate surface area is 107 Å². The molecule has 0 amide bonds. The number of carbonyl (C=O) groups is 1. The van der Waals surface area contributed by atoms with E-state index in [4.69, 9.17) is 9.84 Å². The number of carboxylic acids is 1. The van der Waals surface area contributed by atoms with Crippen LogP contribution in [0.25, 0.3) is 0 Å². The molecule has 1 atom stereocenters. The van der Waals surface area contributed by atoms with Crippen LogP contribution in [-0.2, 0) is 11.3 Å². The maximum atomic E-state index is 11.1. The van der Waals surface area contributed by atoms with E-state index >= 15 is 0 Å². The fraction of sp³-hybridized carbons (Fsp3) is 0.500. The molecule has 0 aromatic heterocycles. The predicted molar refractivity (Wildman–Crippen MR) is 68.7 cm³/mol. The first-order valence-electron chi connectivity index (χ1n) is 6.23. The summed E-state index contributed by atoms with van der Waals surface area (Å²) < 4.78 is 5.17. The van der Waals surface area contributed by atoms with E-state index in [2.05, 4.69) is 4.90 Å². The molecule has 98 valence electrons. The van der Waals surface area contributed by atoms with Crippen molar-refractivity contribution in [2.45, 2.75) is 13.0 Å². The molecule has 1 aromatic rings. The van der Waals surface area contributed by atoms with Gasteiger partial charge in [-0.15, -0.1) is 0 Å². The van der Waals surface area contributed by atoms with Crippen molar-refractivity contribution in [2.75, 3.05) is 26.8 Å². The molecule has 18 heavy (non-hydrogen) atoms. The highest BCUT2D eigenvalue weighted by Gasteiger charge is 2.23. The zero-order chi connectivity index (χ0) is 13.0. The van der Waals surface area contributed by atoms with Gasteiger partial charge in [-0.25, -0.2) is 4.79 Å². The normalized spacial score (nSPS) is 20.2. The van der Waals surface area contributed by atoms with Gasteiger partial charge in [0.15, 0.2) is 0 Å². The van der Waals surface area contributed by atoms with Crippen LogP contribution >= 0.6 is 0 Å². The van der Waals surface area contributed by atoms with Gasteiger partial charge in [-0.05, 0) is 30.5 Å². The summed E-state index contributed by atoms with van der Waals surface area (Å²) >= 11 is 0. The Bertz CT molecular complexity index is 419. The molecule has 1 fully saturated rings. The van der Waals surface area contributed by atoms with E-state index < -0.39 is 5.97 Å². The lowest BCUT2D eigenvalue weighted by Crippen LogP contribution is -2.22.